The third kappa shape index (κ3) is 10.7. The molecule has 2 aliphatic rings. The van der Waals surface area contributed by atoms with E-state index in [1.165, 1.54) is 33.4 Å². The van der Waals surface area contributed by atoms with Gasteiger partial charge in [-0.1, -0.05) is 76.6 Å². The van der Waals surface area contributed by atoms with E-state index in [2.05, 4.69) is 62.0 Å². The Kier molecular flexibility index (Phi) is 22.2. The van der Waals surface area contributed by atoms with Crippen molar-refractivity contribution in [1.29, 1.82) is 0 Å². The van der Waals surface area contributed by atoms with Gasteiger partial charge in [0.05, 0.1) is 0 Å². The van der Waals surface area contributed by atoms with Crippen LogP contribution in [0.4, 0.5) is 0 Å². The number of aromatic nitrogens is 2. The Hall–Kier alpha value is -1.06. The summed E-state index contributed by atoms with van der Waals surface area (Å²) in [7, 11) is 0. The van der Waals surface area contributed by atoms with Crippen LogP contribution in [0.2, 0.25) is 0 Å². The maximum atomic E-state index is 4.03. The summed E-state index contributed by atoms with van der Waals surface area (Å²) in [5.74, 6) is 1.15. The van der Waals surface area contributed by atoms with Crippen molar-refractivity contribution in [1.82, 2.24) is 9.97 Å². The molecule has 2 nitrogen and oxygen atoms in total. The van der Waals surface area contributed by atoms with Crippen molar-refractivity contribution in [3.63, 3.8) is 0 Å². The first-order chi connectivity index (χ1) is 14.6. The first kappa shape index (κ1) is 37.5. The Labute approximate surface area is 237 Å². The van der Waals surface area contributed by atoms with Crippen molar-refractivity contribution in [2.24, 2.45) is 11.8 Å². The normalized spacial score (nSPS) is 13.0. The molecule has 2 aliphatic carbocycles. The number of hydrogen-bond donors (Lipinski definition) is 0. The fourth-order valence-electron chi connectivity index (χ4n) is 3.56. The van der Waals surface area contributed by atoms with Crippen LogP contribution in [0.5, 0.6) is 0 Å². The summed E-state index contributed by atoms with van der Waals surface area (Å²) in [5, 5.41) is 0. The molecule has 0 amide bonds. The average Bonchev–Trinajstić information content (AvgIpc) is 3.47. The van der Waals surface area contributed by atoms with E-state index in [9.17, 15) is 0 Å². The first-order valence-corrected chi connectivity index (χ1v) is 16.3. The zero-order valence-corrected chi connectivity index (χ0v) is 26.8. The summed E-state index contributed by atoms with van der Waals surface area (Å²) in [4.78, 5) is 8.05. The Bertz CT molecular complexity index is 860. The molecule has 0 fully saturated rings. The summed E-state index contributed by atoms with van der Waals surface area (Å²) in [6.07, 6.45) is 20.6. The molecular weight excluding hydrogens is 555 g/mol. The molecule has 34 heavy (non-hydrogen) atoms. The van der Waals surface area contributed by atoms with Crippen LogP contribution >= 0.6 is 24.8 Å². The summed E-state index contributed by atoms with van der Waals surface area (Å²) in [5.41, 5.74) is 7.83. The molecular formula is C28H38Cl2N2SiZr-4. The van der Waals surface area contributed by atoms with Gasteiger partial charge in [0.1, 0.15) is 0 Å². The summed E-state index contributed by atoms with van der Waals surface area (Å²) in [6.45, 7) is 10.8. The molecule has 2 aromatic heterocycles. The summed E-state index contributed by atoms with van der Waals surface area (Å²) in [6, 6.07) is 8.18. The number of halogens is 2. The summed E-state index contributed by atoms with van der Waals surface area (Å²) >= 11 is 1.58. The molecule has 0 aliphatic heterocycles. The number of pyridine rings is 2. The van der Waals surface area contributed by atoms with Crippen LogP contribution < -0.4 is 0 Å². The fraction of sp³-hybridized carbons (Fsp3) is 0.286. The molecule has 0 radical (unpaired) electrons. The van der Waals surface area contributed by atoms with E-state index in [0.29, 0.717) is 11.8 Å². The van der Waals surface area contributed by atoms with Crippen molar-refractivity contribution < 1.29 is 23.3 Å². The molecule has 0 spiro atoms. The van der Waals surface area contributed by atoms with Gasteiger partial charge in [0, 0.05) is 24.8 Å². The van der Waals surface area contributed by atoms with Gasteiger partial charge < -0.3 is 14.9 Å². The van der Waals surface area contributed by atoms with Crippen LogP contribution in [0.25, 0.3) is 11.1 Å². The van der Waals surface area contributed by atoms with E-state index in [1.807, 2.05) is 55.9 Å². The van der Waals surface area contributed by atoms with Crippen LogP contribution in [-0.4, -0.2) is 16.8 Å². The van der Waals surface area contributed by atoms with E-state index < -0.39 is 0 Å². The van der Waals surface area contributed by atoms with Crippen LogP contribution in [0, 0.1) is 38.8 Å². The van der Waals surface area contributed by atoms with Crippen LogP contribution in [0.1, 0.15) is 51.7 Å². The van der Waals surface area contributed by atoms with Gasteiger partial charge in [-0.3, -0.25) is 9.97 Å². The number of hydrogen-bond acceptors (Lipinski definition) is 2. The van der Waals surface area contributed by atoms with Crippen LogP contribution in [-0.2, 0) is 23.3 Å². The van der Waals surface area contributed by atoms with E-state index in [1.54, 1.807) is 23.3 Å². The molecule has 186 valence electrons. The number of allylic oxidation sites excluding steroid dienone is 8. The molecule has 0 unspecified atom stereocenters. The Morgan fingerprint density at radius 1 is 0.676 bits per heavy atom. The zero-order valence-electron chi connectivity index (χ0n) is 21.3. The van der Waals surface area contributed by atoms with Gasteiger partial charge in [-0.05, 0) is 0 Å². The zero-order chi connectivity index (χ0) is 21.9. The van der Waals surface area contributed by atoms with E-state index in [4.69, 9.17) is 0 Å². The fourth-order valence-corrected chi connectivity index (χ4v) is 3.56. The molecule has 4 rings (SSSR count). The summed E-state index contributed by atoms with van der Waals surface area (Å²) < 4.78 is 0. The molecule has 0 N–H and O–H groups in total. The first-order valence-electron chi connectivity index (χ1n) is 10.4. The Morgan fingerprint density at radius 3 is 1.24 bits per heavy atom. The second-order valence-corrected chi connectivity index (χ2v) is 7.61. The maximum absolute atomic E-state index is 4.03. The quantitative estimate of drug-likeness (QED) is 0.274. The van der Waals surface area contributed by atoms with Crippen molar-refractivity contribution >= 4 is 42.8 Å². The monoisotopic (exact) mass is 590 g/mol. The van der Waals surface area contributed by atoms with Gasteiger partial charge in [0.2, 0.25) is 0 Å². The van der Waals surface area contributed by atoms with Crippen molar-refractivity contribution in [2.75, 3.05) is 0 Å². The van der Waals surface area contributed by atoms with E-state index in [-0.39, 0.29) is 39.7 Å². The van der Waals surface area contributed by atoms with Gasteiger partial charge in [0.15, 0.2) is 0 Å². The number of rotatable bonds is 4. The molecule has 2 aromatic rings. The minimum absolute atomic E-state index is 0. The van der Waals surface area contributed by atoms with Gasteiger partial charge in [-0.15, -0.1) is 48.1 Å². The predicted molar refractivity (Wildman–Crippen MR) is 153 cm³/mol. The van der Waals surface area contributed by atoms with Crippen molar-refractivity contribution in [3.05, 3.63) is 110 Å². The van der Waals surface area contributed by atoms with Gasteiger partial charge in [-0.2, -0.15) is 34.4 Å². The van der Waals surface area contributed by atoms with Crippen molar-refractivity contribution in [3.8, 4) is 0 Å². The predicted octanol–water partition coefficient (Wildman–Crippen LogP) is 7.33. The van der Waals surface area contributed by atoms with Crippen LogP contribution in [0.3, 0.4) is 0 Å². The second-order valence-electron chi connectivity index (χ2n) is 7.61. The standard InChI is InChI=1S/2C13H14N.2CH3.2ClH.H2Si.Zr/c2*1-10(2)12-4-3-5-13(12)11-6-8-14-9-7-11;;;;;;/h2*4,6-10H,3H2,1-2H3;2*1H3;2*1H;1H2;/q4*-1;;;;. The SMILES string of the molecule is CC(C)C1=CC[C-]=C1c1ccncc1.CC(C)C1=CC[C-]=C1c1ccncc1.Cl.Cl.[CH3-].[CH3-].[SiH2]=[Zr]. The molecule has 0 saturated heterocycles. The molecule has 0 saturated carbocycles. The third-order valence-corrected chi connectivity index (χ3v) is 4.96. The Balaban J connectivity index is -0.000000475. The molecule has 0 aromatic carbocycles. The third-order valence-electron chi connectivity index (χ3n) is 4.96. The number of nitrogens with zero attached hydrogens (tertiary/aromatic N) is 2. The molecule has 0 atom stereocenters. The molecule has 0 bridgehead atoms. The molecule has 2 heterocycles. The topological polar surface area (TPSA) is 25.8 Å². The van der Waals surface area contributed by atoms with Crippen LogP contribution in [0.15, 0.2) is 72.4 Å². The second kappa shape index (κ2) is 20.2. The molecule has 6 heteroatoms. The minimum atomic E-state index is 0. The average molecular weight is 593 g/mol. The van der Waals surface area contributed by atoms with Gasteiger partial charge in [0.25, 0.3) is 0 Å². The van der Waals surface area contributed by atoms with Gasteiger partial charge in [-0.25, -0.2) is 0 Å². The van der Waals surface area contributed by atoms with E-state index >= 15 is 0 Å². The van der Waals surface area contributed by atoms with Gasteiger partial charge >= 0.3 is 30.2 Å². The Morgan fingerprint density at radius 2 is 0.971 bits per heavy atom. The van der Waals surface area contributed by atoms with E-state index in [0.717, 1.165) is 12.8 Å². The van der Waals surface area contributed by atoms with Crippen molar-refractivity contribution in [2.45, 2.75) is 40.5 Å².